The van der Waals surface area contributed by atoms with E-state index in [-0.39, 0.29) is 0 Å². The Labute approximate surface area is 132 Å². The molecular formula is C19H24N2O. The van der Waals surface area contributed by atoms with Crippen molar-refractivity contribution >= 4 is 11.5 Å². The molecule has 3 heterocycles. The van der Waals surface area contributed by atoms with Crippen molar-refractivity contribution < 1.29 is 4.79 Å². The zero-order valence-electron chi connectivity index (χ0n) is 13.0. The van der Waals surface area contributed by atoms with Crippen molar-refractivity contribution in [1.29, 1.82) is 0 Å². The lowest BCUT2D eigenvalue weighted by atomic mass is 9.68. The number of rotatable bonds is 0. The number of nitrogens with one attached hydrogen (secondary N) is 1. The Morgan fingerprint density at radius 1 is 1.14 bits per heavy atom. The Morgan fingerprint density at radius 2 is 2.05 bits per heavy atom. The highest BCUT2D eigenvalue weighted by Gasteiger charge is 2.48. The molecule has 1 N–H and O–H groups in total. The maximum atomic E-state index is 11.9. The van der Waals surface area contributed by atoms with Crippen LogP contribution >= 0.6 is 0 Å². The van der Waals surface area contributed by atoms with E-state index in [0.29, 0.717) is 29.7 Å². The summed E-state index contributed by atoms with van der Waals surface area (Å²) in [5, 5.41) is 3.82. The summed E-state index contributed by atoms with van der Waals surface area (Å²) in [5.41, 5.74) is 2.87. The molecule has 5 unspecified atom stereocenters. The summed E-state index contributed by atoms with van der Waals surface area (Å²) in [6, 6.07) is 10.0. The molecule has 3 heteroatoms. The highest BCUT2D eigenvalue weighted by molar-refractivity contribution is 5.79. The normalized spacial score (nSPS) is 40.2. The van der Waals surface area contributed by atoms with Crippen LogP contribution in [0.3, 0.4) is 0 Å². The first-order valence-corrected chi connectivity index (χ1v) is 8.91. The molecule has 22 heavy (non-hydrogen) atoms. The van der Waals surface area contributed by atoms with Crippen LogP contribution in [0, 0.1) is 11.8 Å². The van der Waals surface area contributed by atoms with Crippen molar-refractivity contribution in [2.24, 2.45) is 11.8 Å². The highest BCUT2D eigenvalue weighted by Crippen LogP contribution is 2.48. The topological polar surface area (TPSA) is 32.3 Å². The van der Waals surface area contributed by atoms with Gasteiger partial charge in [0.1, 0.15) is 5.78 Å². The van der Waals surface area contributed by atoms with E-state index < -0.39 is 0 Å². The number of carbonyl (C=O) groups excluding carboxylic acids is 1. The predicted octanol–water partition coefficient (Wildman–Crippen LogP) is 3.03. The standard InChI is InChI=1S/C19H24N2O/c22-14-6-5-12-11-21-8-7-16-15-3-1-2-4-17(15)20-19(16)18(21)10-13(12)9-14/h1-4,12-13,16,18-20H,5-11H2. The fourth-order valence-corrected chi connectivity index (χ4v) is 5.62. The smallest absolute Gasteiger partial charge is 0.133 e. The summed E-state index contributed by atoms with van der Waals surface area (Å²) in [6.45, 7) is 2.46. The largest absolute Gasteiger partial charge is 0.380 e. The van der Waals surface area contributed by atoms with Crippen LogP contribution in [0.2, 0.25) is 0 Å². The zero-order chi connectivity index (χ0) is 14.7. The minimum atomic E-state index is 0.504. The first kappa shape index (κ1) is 13.1. The Balaban J connectivity index is 1.42. The van der Waals surface area contributed by atoms with Gasteiger partial charge in [-0.15, -0.1) is 0 Å². The number of anilines is 1. The van der Waals surface area contributed by atoms with Crippen LogP contribution in [0.5, 0.6) is 0 Å². The zero-order valence-corrected chi connectivity index (χ0v) is 13.0. The molecule has 116 valence electrons. The third-order valence-electron chi connectivity index (χ3n) is 6.69. The number of para-hydroxylation sites is 1. The van der Waals surface area contributed by atoms with E-state index in [9.17, 15) is 4.79 Å². The first-order valence-electron chi connectivity index (χ1n) is 8.91. The van der Waals surface area contributed by atoms with Gasteiger partial charge in [-0.25, -0.2) is 0 Å². The van der Waals surface area contributed by atoms with Gasteiger partial charge in [0, 0.05) is 43.1 Å². The molecule has 3 aliphatic heterocycles. The monoisotopic (exact) mass is 296 g/mol. The quantitative estimate of drug-likeness (QED) is 0.798. The van der Waals surface area contributed by atoms with E-state index in [1.165, 1.54) is 37.2 Å². The van der Waals surface area contributed by atoms with E-state index in [0.717, 1.165) is 25.2 Å². The molecule has 1 aromatic carbocycles. The summed E-state index contributed by atoms with van der Waals surface area (Å²) in [7, 11) is 0. The fraction of sp³-hybridized carbons (Fsp3) is 0.632. The predicted molar refractivity (Wildman–Crippen MR) is 87.0 cm³/mol. The number of hydrogen-bond acceptors (Lipinski definition) is 3. The Morgan fingerprint density at radius 3 is 3.00 bits per heavy atom. The van der Waals surface area contributed by atoms with E-state index in [4.69, 9.17) is 0 Å². The van der Waals surface area contributed by atoms with Crippen molar-refractivity contribution in [3.63, 3.8) is 0 Å². The van der Waals surface area contributed by atoms with Crippen LogP contribution in [0.1, 0.15) is 43.6 Å². The van der Waals surface area contributed by atoms with E-state index >= 15 is 0 Å². The second-order valence-electron chi connectivity index (χ2n) is 7.75. The second-order valence-corrected chi connectivity index (χ2v) is 7.75. The van der Waals surface area contributed by atoms with Crippen LogP contribution in [0.25, 0.3) is 0 Å². The van der Waals surface area contributed by atoms with Crippen molar-refractivity contribution in [3.8, 4) is 0 Å². The van der Waals surface area contributed by atoms with Gasteiger partial charge in [-0.05, 0) is 49.3 Å². The molecule has 2 saturated heterocycles. The van der Waals surface area contributed by atoms with Gasteiger partial charge < -0.3 is 5.32 Å². The van der Waals surface area contributed by atoms with E-state index in [1.807, 2.05) is 0 Å². The molecule has 0 bridgehead atoms. The van der Waals surface area contributed by atoms with Crippen LogP contribution in [-0.4, -0.2) is 35.9 Å². The lowest BCUT2D eigenvalue weighted by Gasteiger charge is -2.51. The van der Waals surface area contributed by atoms with Gasteiger partial charge in [-0.1, -0.05) is 18.2 Å². The van der Waals surface area contributed by atoms with Crippen molar-refractivity contribution in [1.82, 2.24) is 4.90 Å². The summed E-state index contributed by atoms with van der Waals surface area (Å²) in [4.78, 5) is 14.6. The number of benzene rings is 1. The molecule has 3 fully saturated rings. The average Bonchev–Trinajstić information content (AvgIpc) is 2.92. The lowest BCUT2D eigenvalue weighted by molar-refractivity contribution is -0.124. The van der Waals surface area contributed by atoms with Crippen LogP contribution in [-0.2, 0) is 4.79 Å². The van der Waals surface area contributed by atoms with Crippen molar-refractivity contribution in [3.05, 3.63) is 29.8 Å². The maximum Gasteiger partial charge on any atom is 0.133 e. The number of Topliss-reactive ketones (excluding diaryl/α,β-unsaturated/α-hetero) is 1. The molecule has 1 aromatic rings. The number of piperidine rings is 2. The molecule has 4 aliphatic rings. The lowest BCUT2D eigenvalue weighted by Crippen LogP contribution is -2.59. The second kappa shape index (κ2) is 4.82. The molecule has 0 aromatic heterocycles. The minimum absolute atomic E-state index is 0.504. The van der Waals surface area contributed by atoms with Crippen LogP contribution in [0.15, 0.2) is 24.3 Å². The highest BCUT2D eigenvalue weighted by atomic mass is 16.1. The number of hydrogen-bond donors (Lipinski definition) is 1. The molecule has 0 amide bonds. The van der Waals surface area contributed by atoms with E-state index in [1.54, 1.807) is 0 Å². The molecule has 1 saturated carbocycles. The minimum Gasteiger partial charge on any atom is -0.380 e. The third kappa shape index (κ3) is 1.88. The molecule has 0 radical (unpaired) electrons. The van der Waals surface area contributed by atoms with E-state index in [2.05, 4.69) is 34.5 Å². The Hall–Kier alpha value is -1.35. The maximum absolute atomic E-state index is 11.9. The first-order chi connectivity index (χ1) is 10.8. The van der Waals surface area contributed by atoms with Gasteiger partial charge in [0.05, 0.1) is 0 Å². The number of ketones is 1. The van der Waals surface area contributed by atoms with Gasteiger partial charge in [0.15, 0.2) is 0 Å². The van der Waals surface area contributed by atoms with Crippen LogP contribution < -0.4 is 5.32 Å². The summed E-state index contributed by atoms with van der Waals surface area (Å²) < 4.78 is 0. The van der Waals surface area contributed by atoms with Crippen molar-refractivity contribution in [2.45, 2.75) is 50.1 Å². The van der Waals surface area contributed by atoms with Gasteiger partial charge in [0.2, 0.25) is 0 Å². The molecule has 0 spiro atoms. The molecule has 1 aliphatic carbocycles. The SMILES string of the molecule is O=C1CCC2CN3CCC4c5ccccc5NC4C3CC2C1. The van der Waals surface area contributed by atoms with Crippen LogP contribution in [0.4, 0.5) is 5.69 Å². The molecular weight excluding hydrogens is 272 g/mol. The van der Waals surface area contributed by atoms with Gasteiger partial charge >= 0.3 is 0 Å². The molecule has 5 rings (SSSR count). The third-order valence-corrected chi connectivity index (χ3v) is 6.69. The van der Waals surface area contributed by atoms with Gasteiger partial charge in [-0.3, -0.25) is 9.69 Å². The Kier molecular flexibility index (Phi) is 2.88. The number of fused-ring (bicyclic) bond motifs is 6. The van der Waals surface area contributed by atoms with Crippen molar-refractivity contribution in [2.75, 3.05) is 18.4 Å². The summed E-state index contributed by atoms with van der Waals surface area (Å²) in [6.07, 6.45) is 5.31. The number of carbonyl (C=O) groups is 1. The number of nitrogens with zero attached hydrogens (tertiary/aromatic N) is 1. The van der Waals surface area contributed by atoms with Gasteiger partial charge in [-0.2, -0.15) is 0 Å². The fourth-order valence-electron chi connectivity index (χ4n) is 5.62. The molecule has 5 atom stereocenters. The molecule has 3 nitrogen and oxygen atoms in total. The van der Waals surface area contributed by atoms with Gasteiger partial charge in [0.25, 0.3) is 0 Å². The summed E-state index contributed by atoms with van der Waals surface area (Å²) >= 11 is 0. The summed E-state index contributed by atoms with van der Waals surface area (Å²) in [5.74, 6) is 2.60. The Bertz CT molecular complexity index is 613. The average molecular weight is 296 g/mol.